The van der Waals surface area contributed by atoms with Crippen LogP contribution in [0.3, 0.4) is 0 Å². The highest BCUT2D eigenvalue weighted by Crippen LogP contribution is 2.41. The Morgan fingerprint density at radius 1 is 0.889 bits per heavy atom. The van der Waals surface area contributed by atoms with Gasteiger partial charge in [0.2, 0.25) is 0 Å². The number of alkyl halides is 1. The molecule has 2 rings (SSSR count). The molecule has 5 heteroatoms. The van der Waals surface area contributed by atoms with Crippen molar-refractivity contribution >= 4 is 34.8 Å². The maximum absolute atomic E-state index is 11.4. The number of nitrogens with one attached hydrogen (secondary N) is 1. The maximum Gasteiger partial charge on any atom is 0.136 e. The molecule has 0 radical (unpaired) electrons. The van der Waals surface area contributed by atoms with Crippen molar-refractivity contribution in [1.29, 1.82) is 0 Å². The molecule has 0 saturated carbocycles. The Labute approximate surface area is 120 Å². The van der Waals surface area contributed by atoms with E-state index in [-0.39, 0.29) is 0 Å². The molecule has 1 N–H and O–H groups in total. The normalized spacial score (nSPS) is 14.2. The van der Waals surface area contributed by atoms with Gasteiger partial charge in [-0.1, -0.05) is 71.2 Å². The van der Waals surface area contributed by atoms with Crippen LogP contribution < -0.4 is 5.48 Å². The molecule has 2 nitrogen and oxygen atoms in total. The van der Waals surface area contributed by atoms with Crippen LogP contribution >= 0.6 is 34.8 Å². The van der Waals surface area contributed by atoms with Crippen molar-refractivity contribution in [3.8, 4) is 0 Å². The van der Waals surface area contributed by atoms with E-state index in [0.29, 0.717) is 21.2 Å². The molecule has 0 fully saturated rings. The van der Waals surface area contributed by atoms with Gasteiger partial charge in [-0.3, -0.25) is 0 Å². The van der Waals surface area contributed by atoms with Gasteiger partial charge in [0, 0.05) is 15.6 Å². The maximum atomic E-state index is 11.4. The van der Waals surface area contributed by atoms with Crippen molar-refractivity contribution in [2.45, 2.75) is 5.00 Å². The van der Waals surface area contributed by atoms with E-state index in [9.17, 15) is 5.21 Å². The second kappa shape index (κ2) is 5.47. The van der Waals surface area contributed by atoms with Crippen molar-refractivity contribution in [1.82, 2.24) is 5.48 Å². The number of halogens is 3. The van der Waals surface area contributed by atoms with Crippen molar-refractivity contribution in [2.24, 2.45) is 0 Å². The number of hydrogen-bond donors (Lipinski definition) is 1. The Morgan fingerprint density at radius 3 is 1.94 bits per heavy atom. The minimum Gasteiger partial charge on any atom is -0.786 e. The summed E-state index contributed by atoms with van der Waals surface area (Å²) in [4.78, 5) is -1.49. The zero-order chi connectivity index (χ0) is 13.2. The molecular weight excluding hydrogens is 293 g/mol. The predicted octanol–water partition coefficient (Wildman–Crippen LogP) is 4.52. The van der Waals surface area contributed by atoms with E-state index in [1.54, 1.807) is 42.5 Å². The number of hydroxylamine groups is 1. The third-order valence-electron chi connectivity index (χ3n) is 2.62. The third kappa shape index (κ3) is 2.35. The predicted molar refractivity (Wildman–Crippen MR) is 76.0 cm³/mol. The van der Waals surface area contributed by atoms with Crippen molar-refractivity contribution < 1.29 is 0 Å². The minimum atomic E-state index is -1.49. The molecule has 0 heterocycles. The van der Waals surface area contributed by atoms with Crippen LogP contribution in [-0.4, -0.2) is 0 Å². The first kappa shape index (κ1) is 13.7. The molecule has 2 aromatic carbocycles. The van der Waals surface area contributed by atoms with Crippen LogP contribution in [0.25, 0.3) is 0 Å². The van der Waals surface area contributed by atoms with Crippen LogP contribution in [0.5, 0.6) is 0 Å². The Hall–Kier alpha value is -0.770. The molecule has 0 saturated heterocycles. The van der Waals surface area contributed by atoms with Gasteiger partial charge in [0.05, 0.1) is 0 Å². The molecular formula is C13H9Cl3NO-. The summed E-state index contributed by atoms with van der Waals surface area (Å²) in [6.07, 6.45) is 0. The zero-order valence-corrected chi connectivity index (χ0v) is 11.4. The van der Waals surface area contributed by atoms with E-state index in [0.717, 1.165) is 0 Å². The van der Waals surface area contributed by atoms with Gasteiger partial charge in [0.25, 0.3) is 0 Å². The monoisotopic (exact) mass is 300 g/mol. The van der Waals surface area contributed by atoms with E-state index < -0.39 is 5.00 Å². The highest BCUT2D eigenvalue weighted by Gasteiger charge is 2.32. The van der Waals surface area contributed by atoms with Gasteiger partial charge in [-0.25, -0.2) is 0 Å². The molecule has 0 aliphatic carbocycles. The molecule has 0 bridgehead atoms. The molecule has 0 aromatic heterocycles. The molecule has 0 aliphatic rings. The van der Waals surface area contributed by atoms with E-state index in [4.69, 9.17) is 34.8 Å². The molecule has 1 unspecified atom stereocenters. The van der Waals surface area contributed by atoms with Crippen molar-refractivity contribution in [3.05, 3.63) is 74.9 Å². The summed E-state index contributed by atoms with van der Waals surface area (Å²) in [6.45, 7) is 0. The van der Waals surface area contributed by atoms with E-state index >= 15 is 0 Å². The lowest BCUT2D eigenvalue weighted by molar-refractivity contribution is 0.651. The van der Waals surface area contributed by atoms with Gasteiger partial charge in [-0.2, -0.15) is 0 Å². The summed E-state index contributed by atoms with van der Waals surface area (Å²) in [5.41, 5.74) is 2.78. The molecule has 0 aliphatic heterocycles. The highest BCUT2D eigenvalue weighted by atomic mass is 35.5. The van der Waals surface area contributed by atoms with Crippen LogP contribution in [0.2, 0.25) is 10.0 Å². The Balaban J connectivity index is 2.65. The fourth-order valence-corrected chi connectivity index (χ4v) is 2.86. The summed E-state index contributed by atoms with van der Waals surface area (Å²) >= 11 is 18.6. The summed E-state index contributed by atoms with van der Waals surface area (Å²) in [7, 11) is 0. The first-order valence-electron chi connectivity index (χ1n) is 5.18. The smallest absolute Gasteiger partial charge is 0.136 e. The second-order valence-electron chi connectivity index (χ2n) is 3.72. The average molecular weight is 302 g/mol. The van der Waals surface area contributed by atoms with Crippen molar-refractivity contribution in [2.75, 3.05) is 0 Å². The minimum absolute atomic E-state index is 0.338. The third-order valence-corrected chi connectivity index (χ3v) is 3.73. The zero-order valence-electron chi connectivity index (χ0n) is 9.16. The lowest BCUT2D eigenvalue weighted by Crippen LogP contribution is -2.34. The largest absolute Gasteiger partial charge is 0.786 e. The molecule has 2 aromatic rings. The number of rotatable bonds is 3. The Morgan fingerprint density at radius 2 is 1.44 bits per heavy atom. The number of benzene rings is 2. The van der Waals surface area contributed by atoms with E-state index in [1.807, 2.05) is 11.5 Å². The quantitative estimate of drug-likeness (QED) is 0.514. The standard InChI is InChI=1S/C13H9Cl3NO/c14-10-7-4-8-11(15)12(10)13(16,17-18)9-5-2-1-3-6-9/h1-8,17H/q-1. The first-order valence-corrected chi connectivity index (χ1v) is 6.31. The average Bonchev–Trinajstić information content (AvgIpc) is 2.39. The highest BCUT2D eigenvalue weighted by molar-refractivity contribution is 6.38. The van der Waals surface area contributed by atoms with Crippen LogP contribution in [0.4, 0.5) is 0 Å². The summed E-state index contributed by atoms with van der Waals surface area (Å²) < 4.78 is 0. The summed E-state index contributed by atoms with van der Waals surface area (Å²) in [6, 6.07) is 13.8. The van der Waals surface area contributed by atoms with Crippen molar-refractivity contribution in [3.63, 3.8) is 0 Å². The second-order valence-corrected chi connectivity index (χ2v) is 5.10. The first-order chi connectivity index (χ1) is 8.59. The number of hydrogen-bond acceptors (Lipinski definition) is 2. The lowest BCUT2D eigenvalue weighted by atomic mass is 9.98. The topological polar surface area (TPSA) is 35.1 Å². The SMILES string of the molecule is [O-]NC(Cl)(c1ccccc1)c1c(Cl)cccc1Cl. The Kier molecular flexibility index (Phi) is 4.15. The van der Waals surface area contributed by atoms with Crippen LogP contribution in [0.15, 0.2) is 48.5 Å². The Bertz CT molecular complexity index is 527. The van der Waals surface area contributed by atoms with Crippen LogP contribution in [0, 0.1) is 5.21 Å². The van der Waals surface area contributed by atoms with Gasteiger partial charge >= 0.3 is 0 Å². The molecule has 1 atom stereocenters. The van der Waals surface area contributed by atoms with E-state index in [2.05, 4.69) is 0 Å². The van der Waals surface area contributed by atoms with Gasteiger partial charge < -0.3 is 10.7 Å². The van der Waals surface area contributed by atoms with Gasteiger partial charge in [0.1, 0.15) is 5.00 Å². The van der Waals surface area contributed by atoms with Gasteiger partial charge in [-0.05, 0) is 17.7 Å². The lowest BCUT2D eigenvalue weighted by Gasteiger charge is -2.34. The van der Waals surface area contributed by atoms with Crippen LogP contribution in [0.1, 0.15) is 11.1 Å². The fraction of sp³-hybridized carbons (Fsp3) is 0.0769. The molecule has 18 heavy (non-hydrogen) atoms. The van der Waals surface area contributed by atoms with Crippen LogP contribution in [-0.2, 0) is 5.00 Å². The van der Waals surface area contributed by atoms with Gasteiger partial charge in [-0.15, -0.1) is 0 Å². The molecule has 94 valence electrons. The molecule has 0 amide bonds. The van der Waals surface area contributed by atoms with Gasteiger partial charge in [0.15, 0.2) is 0 Å². The fourth-order valence-electron chi connectivity index (χ4n) is 1.75. The summed E-state index contributed by atoms with van der Waals surface area (Å²) in [5, 5.41) is 12.0. The van der Waals surface area contributed by atoms with E-state index in [1.165, 1.54) is 0 Å². The summed E-state index contributed by atoms with van der Waals surface area (Å²) in [5.74, 6) is 0. The molecule has 0 spiro atoms.